The van der Waals surface area contributed by atoms with Gasteiger partial charge in [0.05, 0.1) is 0 Å². The number of anilines is 1. The summed E-state index contributed by atoms with van der Waals surface area (Å²) in [4.78, 5) is 17.8. The number of rotatable bonds is 3. The van der Waals surface area contributed by atoms with Crippen LogP contribution in [0.1, 0.15) is 24.8 Å². The van der Waals surface area contributed by atoms with E-state index >= 15 is 0 Å². The number of aromatic nitrogens is 3. The average Bonchev–Trinajstić information content (AvgIpc) is 3.03. The normalized spacial score (nSPS) is 21.0. The van der Waals surface area contributed by atoms with Gasteiger partial charge >= 0.3 is 0 Å². The first-order valence-electron chi connectivity index (χ1n) is 8.46. The van der Waals surface area contributed by atoms with E-state index in [1.54, 1.807) is 0 Å². The highest BCUT2D eigenvalue weighted by Gasteiger charge is 2.41. The van der Waals surface area contributed by atoms with Crippen molar-refractivity contribution in [2.75, 3.05) is 31.1 Å². The van der Waals surface area contributed by atoms with E-state index in [4.69, 9.17) is 0 Å². The largest absolute Gasteiger partial charge is 0.340 e. The van der Waals surface area contributed by atoms with Crippen LogP contribution in [0.2, 0.25) is 0 Å². The first-order valence-corrected chi connectivity index (χ1v) is 8.46. The average molecular weight is 309 g/mol. The molecule has 2 fully saturated rings. The second kappa shape index (κ2) is 6.24. The van der Waals surface area contributed by atoms with Gasteiger partial charge < -0.3 is 4.90 Å². The molecule has 0 atom stereocenters. The minimum absolute atomic E-state index is 0.466. The third kappa shape index (κ3) is 3.20. The molecule has 0 bridgehead atoms. The summed E-state index contributed by atoms with van der Waals surface area (Å²) < 4.78 is 0. The molecule has 0 unspecified atom stereocenters. The Morgan fingerprint density at radius 1 is 0.913 bits per heavy atom. The van der Waals surface area contributed by atoms with Crippen molar-refractivity contribution >= 4 is 5.95 Å². The smallest absolute Gasteiger partial charge is 0.225 e. The molecule has 2 aromatic heterocycles. The third-order valence-corrected chi connectivity index (χ3v) is 5.35. The molecular weight excluding hydrogens is 286 g/mol. The van der Waals surface area contributed by atoms with Crippen molar-refractivity contribution in [2.45, 2.75) is 25.8 Å². The number of hydrogen-bond acceptors (Lipinski definition) is 5. The fourth-order valence-corrected chi connectivity index (χ4v) is 3.90. The second-order valence-electron chi connectivity index (χ2n) is 6.85. The monoisotopic (exact) mass is 309 g/mol. The van der Waals surface area contributed by atoms with Gasteiger partial charge in [-0.05, 0) is 61.5 Å². The highest BCUT2D eigenvalue weighted by atomic mass is 15.3. The van der Waals surface area contributed by atoms with Crippen LogP contribution < -0.4 is 4.90 Å². The molecule has 0 radical (unpaired) electrons. The zero-order valence-electron chi connectivity index (χ0n) is 13.4. The number of piperidine rings is 1. The number of hydrogen-bond donors (Lipinski definition) is 0. The predicted octanol–water partition coefficient (Wildman–Crippen LogP) is 2.36. The molecule has 5 nitrogen and oxygen atoms in total. The summed E-state index contributed by atoms with van der Waals surface area (Å²) in [5.41, 5.74) is 1.83. The highest BCUT2D eigenvalue weighted by Crippen LogP contribution is 2.41. The zero-order valence-corrected chi connectivity index (χ0v) is 13.4. The molecule has 0 amide bonds. The summed E-state index contributed by atoms with van der Waals surface area (Å²) in [6.07, 6.45) is 11.3. The van der Waals surface area contributed by atoms with Gasteiger partial charge in [0.1, 0.15) is 0 Å². The van der Waals surface area contributed by atoms with E-state index in [0.29, 0.717) is 5.41 Å². The standard InChI is InChI=1S/C18H23N5/c1-7-20-17(21-8-1)23-13-6-18(15-23)4-11-22(12-5-18)14-16-2-9-19-10-3-16/h1-3,7-10H,4-6,11-15H2. The summed E-state index contributed by atoms with van der Waals surface area (Å²) in [5, 5.41) is 0. The zero-order chi connectivity index (χ0) is 15.5. The molecule has 0 aromatic carbocycles. The molecule has 2 saturated heterocycles. The summed E-state index contributed by atoms with van der Waals surface area (Å²) in [6.45, 7) is 5.62. The fourth-order valence-electron chi connectivity index (χ4n) is 3.90. The Kier molecular flexibility index (Phi) is 3.95. The van der Waals surface area contributed by atoms with E-state index in [2.05, 4.69) is 36.9 Å². The summed E-state index contributed by atoms with van der Waals surface area (Å²) >= 11 is 0. The Bertz CT molecular complexity index is 622. The van der Waals surface area contributed by atoms with Crippen molar-refractivity contribution in [3.05, 3.63) is 48.5 Å². The molecule has 23 heavy (non-hydrogen) atoms. The second-order valence-corrected chi connectivity index (χ2v) is 6.85. The maximum atomic E-state index is 4.41. The van der Waals surface area contributed by atoms with Gasteiger partial charge in [-0.2, -0.15) is 0 Å². The summed E-state index contributed by atoms with van der Waals surface area (Å²) in [5.74, 6) is 0.892. The lowest BCUT2D eigenvalue weighted by atomic mass is 9.77. The fraction of sp³-hybridized carbons (Fsp3) is 0.500. The lowest BCUT2D eigenvalue weighted by Gasteiger charge is -2.39. The molecule has 4 rings (SSSR count). The minimum Gasteiger partial charge on any atom is -0.340 e. The van der Waals surface area contributed by atoms with Crippen molar-refractivity contribution in [3.8, 4) is 0 Å². The van der Waals surface area contributed by atoms with Crippen molar-refractivity contribution in [3.63, 3.8) is 0 Å². The van der Waals surface area contributed by atoms with E-state index in [-0.39, 0.29) is 0 Å². The molecule has 120 valence electrons. The third-order valence-electron chi connectivity index (χ3n) is 5.35. The van der Waals surface area contributed by atoms with Crippen molar-refractivity contribution < 1.29 is 0 Å². The lowest BCUT2D eigenvalue weighted by molar-refractivity contribution is 0.115. The lowest BCUT2D eigenvalue weighted by Crippen LogP contribution is -2.41. The van der Waals surface area contributed by atoms with Crippen molar-refractivity contribution in [1.29, 1.82) is 0 Å². The van der Waals surface area contributed by atoms with Gasteiger partial charge in [-0.15, -0.1) is 0 Å². The summed E-state index contributed by atoms with van der Waals surface area (Å²) in [6, 6.07) is 6.12. The van der Waals surface area contributed by atoms with Crippen LogP contribution in [0.3, 0.4) is 0 Å². The molecule has 1 spiro atoms. The molecule has 0 aliphatic carbocycles. The van der Waals surface area contributed by atoms with Crippen LogP contribution in [0.4, 0.5) is 5.95 Å². The molecule has 5 heteroatoms. The maximum Gasteiger partial charge on any atom is 0.225 e. The Morgan fingerprint density at radius 3 is 2.35 bits per heavy atom. The van der Waals surface area contributed by atoms with E-state index in [9.17, 15) is 0 Å². The quantitative estimate of drug-likeness (QED) is 0.871. The van der Waals surface area contributed by atoms with Crippen LogP contribution in [-0.2, 0) is 6.54 Å². The SMILES string of the molecule is c1cnc(N2CCC3(CCN(Cc4ccncc4)CC3)C2)nc1. The van der Waals surface area contributed by atoms with Gasteiger partial charge in [-0.1, -0.05) is 0 Å². The Hall–Kier alpha value is -2.01. The molecule has 2 aliphatic rings. The van der Waals surface area contributed by atoms with Crippen LogP contribution in [0.15, 0.2) is 43.0 Å². The number of nitrogens with zero attached hydrogens (tertiary/aromatic N) is 5. The molecule has 4 heterocycles. The first kappa shape index (κ1) is 14.6. The molecule has 2 aromatic rings. The Morgan fingerprint density at radius 2 is 1.61 bits per heavy atom. The first-order chi connectivity index (χ1) is 11.3. The Labute approximate surface area is 137 Å². The highest BCUT2D eigenvalue weighted by molar-refractivity contribution is 5.31. The molecular formula is C18H23N5. The van der Waals surface area contributed by atoms with Gasteiger partial charge in [0.25, 0.3) is 0 Å². The van der Waals surface area contributed by atoms with Crippen LogP contribution in [-0.4, -0.2) is 46.0 Å². The van der Waals surface area contributed by atoms with Gasteiger partial charge in [0.2, 0.25) is 5.95 Å². The van der Waals surface area contributed by atoms with Crippen LogP contribution in [0, 0.1) is 5.41 Å². The Balaban J connectivity index is 1.35. The van der Waals surface area contributed by atoms with E-state index < -0.39 is 0 Å². The molecule has 0 saturated carbocycles. The predicted molar refractivity (Wildman–Crippen MR) is 90.0 cm³/mol. The van der Waals surface area contributed by atoms with Crippen molar-refractivity contribution in [2.24, 2.45) is 5.41 Å². The van der Waals surface area contributed by atoms with Gasteiger partial charge in [-0.25, -0.2) is 9.97 Å². The van der Waals surface area contributed by atoms with Crippen LogP contribution in [0.5, 0.6) is 0 Å². The van der Waals surface area contributed by atoms with E-state index in [1.165, 1.54) is 37.9 Å². The van der Waals surface area contributed by atoms with Crippen LogP contribution >= 0.6 is 0 Å². The van der Waals surface area contributed by atoms with Gasteiger partial charge in [0, 0.05) is 44.4 Å². The molecule has 0 N–H and O–H groups in total. The van der Waals surface area contributed by atoms with E-state index in [0.717, 1.165) is 25.6 Å². The number of likely N-dealkylation sites (tertiary alicyclic amines) is 1. The summed E-state index contributed by atoms with van der Waals surface area (Å²) in [7, 11) is 0. The number of pyridine rings is 1. The minimum atomic E-state index is 0.466. The van der Waals surface area contributed by atoms with Gasteiger partial charge in [-0.3, -0.25) is 9.88 Å². The van der Waals surface area contributed by atoms with Crippen molar-refractivity contribution in [1.82, 2.24) is 19.9 Å². The van der Waals surface area contributed by atoms with E-state index in [1.807, 2.05) is 30.9 Å². The maximum absolute atomic E-state index is 4.41. The molecule has 2 aliphatic heterocycles. The van der Waals surface area contributed by atoms with Gasteiger partial charge in [0.15, 0.2) is 0 Å². The van der Waals surface area contributed by atoms with Crippen LogP contribution in [0.25, 0.3) is 0 Å². The topological polar surface area (TPSA) is 45.2 Å².